The molecule has 0 aliphatic heterocycles. The van der Waals surface area contributed by atoms with Crippen LogP contribution >= 0.6 is 0 Å². The summed E-state index contributed by atoms with van der Waals surface area (Å²) >= 11 is 0. The summed E-state index contributed by atoms with van der Waals surface area (Å²) in [5.74, 6) is -0.150. The van der Waals surface area contributed by atoms with Crippen LogP contribution in [0.1, 0.15) is 16.8 Å². The first-order valence-corrected chi connectivity index (χ1v) is 4.72. The van der Waals surface area contributed by atoms with E-state index in [0.717, 1.165) is 0 Å². The molecule has 82 valence electrons. The third kappa shape index (κ3) is 2.92. The van der Waals surface area contributed by atoms with Crippen molar-refractivity contribution in [2.75, 3.05) is 25.9 Å². The Bertz CT molecular complexity index is 341. The van der Waals surface area contributed by atoms with E-state index in [4.69, 9.17) is 10.8 Å². The molecule has 1 amide bonds. The second kappa shape index (κ2) is 5.31. The number of nitrogen functional groups attached to an aromatic ring is 1. The molecule has 0 saturated carbocycles. The van der Waals surface area contributed by atoms with Crippen LogP contribution in [-0.2, 0) is 0 Å². The number of rotatable bonds is 4. The standard InChI is InChI=1S/C10H15N3O2/c1-13(5-2-6-14)10(15)8-3-4-12-7-9(8)11/h3-4,7,14H,2,5-6,11H2,1H3. The van der Waals surface area contributed by atoms with Crippen LogP contribution < -0.4 is 5.73 Å². The van der Waals surface area contributed by atoms with E-state index in [2.05, 4.69) is 4.98 Å². The predicted molar refractivity (Wildman–Crippen MR) is 57.3 cm³/mol. The fourth-order valence-electron chi connectivity index (χ4n) is 1.22. The molecule has 3 N–H and O–H groups in total. The Labute approximate surface area is 88.5 Å². The van der Waals surface area contributed by atoms with Crippen molar-refractivity contribution >= 4 is 11.6 Å². The predicted octanol–water partition coefficient (Wildman–Crippen LogP) is 0.118. The van der Waals surface area contributed by atoms with Crippen molar-refractivity contribution in [3.05, 3.63) is 24.0 Å². The Morgan fingerprint density at radius 3 is 3.00 bits per heavy atom. The molecule has 5 heteroatoms. The van der Waals surface area contributed by atoms with Crippen LogP contribution in [0.25, 0.3) is 0 Å². The van der Waals surface area contributed by atoms with E-state index in [1.165, 1.54) is 17.3 Å². The Kier molecular flexibility index (Phi) is 4.05. The number of aromatic nitrogens is 1. The maximum Gasteiger partial charge on any atom is 0.255 e. The van der Waals surface area contributed by atoms with Gasteiger partial charge in [-0.05, 0) is 12.5 Å². The van der Waals surface area contributed by atoms with Crippen LogP contribution in [0.5, 0.6) is 0 Å². The summed E-state index contributed by atoms with van der Waals surface area (Å²) < 4.78 is 0. The van der Waals surface area contributed by atoms with E-state index in [1.807, 2.05) is 0 Å². The van der Waals surface area contributed by atoms with Gasteiger partial charge in [-0.3, -0.25) is 9.78 Å². The fourth-order valence-corrected chi connectivity index (χ4v) is 1.22. The Morgan fingerprint density at radius 2 is 2.40 bits per heavy atom. The molecule has 5 nitrogen and oxygen atoms in total. The van der Waals surface area contributed by atoms with Crippen LogP contribution in [0.15, 0.2) is 18.5 Å². The van der Waals surface area contributed by atoms with Gasteiger partial charge in [-0.1, -0.05) is 0 Å². The number of carbonyl (C=O) groups is 1. The molecular weight excluding hydrogens is 194 g/mol. The highest BCUT2D eigenvalue weighted by Crippen LogP contribution is 2.11. The van der Waals surface area contributed by atoms with Gasteiger partial charge in [-0.15, -0.1) is 0 Å². The van der Waals surface area contributed by atoms with Crippen molar-refractivity contribution in [3.63, 3.8) is 0 Å². The summed E-state index contributed by atoms with van der Waals surface area (Å²) in [7, 11) is 1.68. The summed E-state index contributed by atoms with van der Waals surface area (Å²) in [4.78, 5) is 17.2. The summed E-state index contributed by atoms with van der Waals surface area (Å²) in [6, 6.07) is 1.59. The second-order valence-electron chi connectivity index (χ2n) is 3.27. The molecule has 1 aromatic heterocycles. The fraction of sp³-hybridized carbons (Fsp3) is 0.400. The minimum absolute atomic E-state index is 0.0729. The molecule has 0 bridgehead atoms. The minimum atomic E-state index is -0.150. The normalized spacial score (nSPS) is 10.0. The molecule has 0 aliphatic carbocycles. The molecule has 0 spiro atoms. The number of amides is 1. The summed E-state index contributed by atoms with van der Waals surface area (Å²) in [5.41, 5.74) is 6.45. The second-order valence-corrected chi connectivity index (χ2v) is 3.27. The average Bonchev–Trinajstić information content (AvgIpc) is 2.25. The maximum atomic E-state index is 11.8. The number of anilines is 1. The molecule has 1 rings (SSSR count). The van der Waals surface area contributed by atoms with E-state index in [-0.39, 0.29) is 12.5 Å². The zero-order valence-electron chi connectivity index (χ0n) is 8.68. The monoisotopic (exact) mass is 209 g/mol. The smallest absolute Gasteiger partial charge is 0.255 e. The van der Waals surface area contributed by atoms with Gasteiger partial charge in [0, 0.05) is 26.4 Å². The number of hydrogen-bond donors (Lipinski definition) is 2. The van der Waals surface area contributed by atoms with Gasteiger partial charge in [-0.25, -0.2) is 0 Å². The van der Waals surface area contributed by atoms with E-state index in [1.54, 1.807) is 13.1 Å². The van der Waals surface area contributed by atoms with E-state index >= 15 is 0 Å². The summed E-state index contributed by atoms with van der Waals surface area (Å²) in [5, 5.41) is 8.65. The van der Waals surface area contributed by atoms with Gasteiger partial charge < -0.3 is 15.7 Å². The molecule has 0 aromatic carbocycles. The van der Waals surface area contributed by atoms with Crippen LogP contribution in [0.2, 0.25) is 0 Å². The molecule has 0 aliphatic rings. The van der Waals surface area contributed by atoms with Crippen molar-refractivity contribution in [1.82, 2.24) is 9.88 Å². The van der Waals surface area contributed by atoms with E-state index in [0.29, 0.717) is 24.2 Å². The molecule has 0 fully saturated rings. The number of pyridine rings is 1. The van der Waals surface area contributed by atoms with Gasteiger partial charge in [0.05, 0.1) is 17.4 Å². The zero-order valence-corrected chi connectivity index (χ0v) is 8.68. The third-order valence-corrected chi connectivity index (χ3v) is 2.08. The number of carbonyl (C=O) groups excluding carboxylic acids is 1. The lowest BCUT2D eigenvalue weighted by Crippen LogP contribution is -2.28. The Balaban J connectivity index is 2.72. The van der Waals surface area contributed by atoms with Gasteiger partial charge in [-0.2, -0.15) is 0 Å². The SMILES string of the molecule is CN(CCCO)C(=O)c1ccncc1N. The van der Waals surface area contributed by atoms with Crippen molar-refractivity contribution in [2.24, 2.45) is 0 Å². The molecule has 0 atom stereocenters. The minimum Gasteiger partial charge on any atom is -0.397 e. The van der Waals surface area contributed by atoms with Crippen LogP contribution in [0, 0.1) is 0 Å². The molecule has 0 radical (unpaired) electrons. The summed E-state index contributed by atoms with van der Waals surface area (Å²) in [6.07, 6.45) is 3.55. The highest BCUT2D eigenvalue weighted by atomic mass is 16.3. The van der Waals surface area contributed by atoms with Gasteiger partial charge in [0.15, 0.2) is 0 Å². The van der Waals surface area contributed by atoms with Gasteiger partial charge in [0.25, 0.3) is 5.91 Å². The molecule has 1 heterocycles. The molecule has 0 saturated heterocycles. The van der Waals surface area contributed by atoms with Gasteiger partial charge >= 0.3 is 0 Å². The average molecular weight is 209 g/mol. The van der Waals surface area contributed by atoms with Crippen LogP contribution in [-0.4, -0.2) is 41.1 Å². The number of aliphatic hydroxyl groups excluding tert-OH is 1. The van der Waals surface area contributed by atoms with Crippen LogP contribution in [0.3, 0.4) is 0 Å². The maximum absolute atomic E-state index is 11.8. The van der Waals surface area contributed by atoms with Crippen molar-refractivity contribution < 1.29 is 9.90 Å². The lowest BCUT2D eigenvalue weighted by molar-refractivity contribution is 0.0787. The van der Waals surface area contributed by atoms with E-state index in [9.17, 15) is 4.79 Å². The molecule has 15 heavy (non-hydrogen) atoms. The number of nitrogens with two attached hydrogens (primary N) is 1. The Hall–Kier alpha value is -1.62. The summed E-state index contributed by atoms with van der Waals surface area (Å²) in [6.45, 7) is 0.584. The number of nitrogens with zero attached hydrogens (tertiary/aromatic N) is 2. The lowest BCUT2D eigenvalue weighted by Gasteiger charge is -2.17. The largest absolute Gasteiger partial charge is 0.397 e. The third-order valence-electron chi connectivity index (χ3n) is 2.08. The highest BCUT2D eigenvalue weighted by molar-refractivity contribution is 5.98. The Morgan fingerprint density at radius 1 is 1.67 bits per heavy atom. The number of aliphatic hydroxyl groups is 1. The van der Waals surface area contributed by atoms with Crippen molar-refractivity contribution in [2.45, 2.75) is 6.42 Å². The number of hydrogen-bond acceptors (Lipinski definition) is 4. The first kappa shape index (κ1) is 11.5. The van der Waals surface area contributed by atoms with Crippen molar-refractivity contribution in [3.8, 4) is 0 Å². The topological polar surface area (TPSA) is 79.5 Å². The van der Waals surface area contributed by atoms with E-state index < -0.39 is 0 Å². The zero-order chi connectivity index (χ0) is 11.3. The first-order chi connectivity index (χ1) is 7.16. The van der Waals surface area contributed by atoms with Crippen LogP contribution in [0.4, 0.5) is 5.69 Å². The molecule has 1 aromatic rings. The lowest BCUT2D eigenvalue weighted by atomic mass is 10.2. The molecular formula is C10H15N3O2. The molecule has 0 unspecified atom stereocenters. The van der Waals surface area contributed by atoms with Crippen molar-refractivity contribution in [1.29, 1.82) is 0 Å². The quantitative estimate of drug-likeness (QED) is 0.738. The first-order valence-electron chi connectivity index (χ1n) is 4.72. The van der Waals surface area contributed by atoms with Gasteiger partial charge in [0.1, 0.15) is 0 Å². The van der Waals surface area contributed by atoms with Gasteiger partial charge in [0.2, 0.25) is 0 Å². The highest BCUT2D eigenvalue weighted by Gasteiger charge is 2.13.